The molecule has 3 heteroatoms. The standard InChI is InChI=1S/C16H21N3/c1-2-17-15(16-18-9-10-19-16)14-8-4-7-13(11-14)12-5-3-6-12/h4,7-12,15,17H,2-3,5-6H2,1H3,(H,18,19). The minimum Gasteiger partial charge on any atom is -0.347 e. The summed E-state index contributed by atoms with van der Waals surface area (Å²) < 4.78 is 0. The van der Waals surface area contributed by atoms with E-state index in [0.717, 1.165) is 18.3 Å². The fourth-order valence-electron chi connectivity index (χ4n) is 2.75. The molecule has 0 saturated heterocycles. The Kier molecular flexibility index (Phi) is 3.65. The first-order chi connectivity index (χ1) is 9.38. The van der Waals surface area contributed by atoms with Crippen LogP contribution < -0.4 is 5.32 Å². The van der Waals surface area contributed by atoms with Crippen molar-refractivity contribution in [3.8, 4) is 0 Å². The van der Waals surface area contributed by atoms with Crippen molar-refractivity contribution in [3.63, 3.8) is 0 Å². The number of hydrogen-bond acceptors (Lipinski definition) is 2. The van der Waals surface area contributed by atoms with E-state index in [2.05, 4.69) is 46.5 Å². The summed E-state index contributed by atoms with van der Waals surface area (Å²) in [7, 11) is 0. The van der Waals surface area contributed by atoms with Crippen LogP contribution in [0.25, 0.3) is 0 Å². The summed E-state index contributed by atoms with van der Waals surface area (Å²) in [5.41, 5.74) is 2.79. The zero-order valence-electron chi connectivity index (χ0n) is 11.4. The molecule has 3 nitrogen and oxygen atoms in total. The first-order valence-corrected chi connectivity index (χ1v) is 7.21. The van der Waals surface area contributed by atoms with Gasteiger partial charge in [-0.2, -0.15) is 0 Å². The highest BCUT2D eigenvalue weighted by Gasteiger charge is 2.21. The van der Waals surface area contributed by atoms with Crippen LogP contribution in [0.5, 0.6) is 0 Å². The Morgan fingerprint density at radius 3 is 2.95 bits per heavy atom. The fraction of sp³-hybridized carbons (Fsp3) is 0.438. The van der Waals surface area contributed by atoms with Crippen LogP contribution in [0.15, 0.2) is 36.7 Å². The highest BCUT2D eigenvalue weighted by atomic mass is 15.0. The van der Waals surface area contributed by atoms with Crippen molar-refractivity contribution in [2.24, 2.45) is 0 Å². The Hall–Kier alpha value is -1.61. The van der Waals surface area contributed by atoms with Gasteiger partial charge in [0.05, 0.1) is 6.04 Å². The molecule has 0 radical (unpaired) electrons. The van der Waals surface area contributed by atoms with Crippen LogP contribution in [0, 0.1) is 0 Å². The summed E-state index contributed by atoms with van der Waals surface area (Å²) in [6.45, 7) is 3.06. The Balaban J connectivity index is 1.89. The summed E-state index contributed by atoms with van der Waals surface area (Å²) in [6.07, 6.45) is 7.76. The van der Waals surface area contributed by atoms with Crippen molar-refractivity contribution in [2.75, 3.05) is 6.54 Å². The molecule has 1 aliphatic carbocycles. The Labute approximate surface area is 114 Å². The molecule has 1 aromatic carbocycles. The molecule has 1 unspecified atom stereocenters. The Bertz CT molecular complexity index is 515. The van der Waals surface area contributed by atoms with Gasteiger partial charge in [0.15, 0.2) is 0 Å². The predicted octanol–water partition coefficient (Wildman–Crippen LogP) is 3.38. The van der Waals surface area contributed by atoms with Crippen molar-refractivity contribution in [2.45, 2.75) is 38.1 Å². The van der Waals surface area contributed by atoms with Gasteiger partial charge in [-0.05, 0) is 36.4 Å². The number of nitrogens with zero attached hydrogens (tertiary/aromatic N) is 1. The van der Waals surface area contributed by atoms with Gasteiger partial charge in [-0.15, -0.1) is 0 Å². The Morgan fingerprint density at radius 1 is 1.42 bits per heavy atom. The summed E-state index contributed by atoms with van der Waals surface area (Å²) in [5.74, 6) is 1.77. The molecule has 1 heterocycles. The molecule has 2 N–H and O–H groups in total. The quantitative estimate of drug-likeness (QED) is 0.860. The van der Waals surface area contributed by atoms with Gasteiger partial charge >= 0.3 is 0 Å². The molecule has 1 aromatic heterocycles. The molecule has 1 fully saturated rings. The fourth-order valence-corrected chi connectivity index (χ4v) is 2.75. The third kappa shape index (κ3) is 2.56. The van der Waals surface area contributed by atoms with Crippen LogP contribution >= 0.6 is 0 Å². The van der Waals surface area contributed by atoms with Gasteiger partial charge in [0.1, 0.15) is 5.82 Å². The van der Waals surface area contributed by atoms with Crippen LogP contribution in [-0.2, 0) is 0 Å². The number of hydrogen-bond donors (Lipinski definition) is 2. The van der Waals surface area contributed by atoms with E-state index in [1.165, 1.54) is 30.4 Å². The van der Waals surface area contributed by atoms with E-state index < -0.39 is 0 Å². The van der Waals surface area contributed by atoms with Gasteiger partial charge in [-0.1, -0.05) is 37.6 Å². The molecular formula is C16H21N3. The first-order valence-electron chi connectivity index (χ1n) is 7.21. The normalized spacial score (nSPS) is 17.1. The smallest absolute Gasteiger partial charge is 0.127 e. The molecule has 1 saturated carbocycles. The highest BCUT2D eigenvalue weighted by Crippen LogP contribution is 2.37. The van der Waals surface area contributed by atoms with Crippen molar-refractivity contribution in [1.29, 1.82) is 0 Å². The second kappa shape index (κ2) is 5.57. The summed E-state index contributed by atoms with van der Waals surface area (Å²) in [4.78, 5) is 7.63. The average molecular weight is 255 g/mol. The van der Waals surface area contributed by atoms with Gasteiger partial charge in [0.2, 0.25) is 0 Å². The zero-order valence-corrected chi connectivity index (χ0v) is 11.4. The van der Waals surface area contributed by atoms with E-state index in [-0.39, 0.29) is 6.04 Å². The van der Waals surface area contributed by atoms with Gasteiger partial charge in [0, 0.05) is 12.4 Å². The number of H-pyrrole nitrogens is 1. The number of benzene rings is 1. The SMILES string of the molecule is CCNC(c1cccc(C2CCC2)c1)c1ncc[nH]1. The van der Waals surface area contributed by atoms with E-state index in [0.29, 0.717) is 0 Å². The van der Waals surface area contributed by atoms with Gasteiger partial charge in [0.25, 0.3) is 0 Å². The number of rotatable bonds is 5. The van der Waals surface area contributed by atoms with Crippen LogP contribution in [0.1, 0.15) is 55.1 Å². The van der Waals surface area contributed by atoms with Crippen LogP contribution in [0.3, 0.4) is 0 Å². The number of nitrogens with one attached hydrogen (secondary N) is 2. The topological polar surface area (TPSA) is 40.7 Å². The molecular weight excluding hydrogens is 234 g/mol. The highest BCUT2D eigenvalue weighted by molar-refractivity contribution is 5.32. The van der Waals surface area contributed by atoms with Crippen LogP contribution in [-0.4, -0.2) is 16.5 Å². The third-order valence-electron chi connectivity index (χ3n) is 4.02. The molecule has 1 atom stereocenters. The summed E-state index contributed by atoms with van der Waals surface area (Å²) >= 11 is 0. The molecule has 0 aliphatic heterocycles. The van der Waals surface area contributed by atoms with Crippen molar-refractivity contribution >= 4 is 0 Å². The molecule has 2 aromatic rings. The van der Waals surface area contributed by atoms with Crippen molar-refractivity contribution in [1.82, 2.24) is 15.3 Å². The lowest BCUT2D eigenvalue weighted by Crippen LogP contribution is -2.23. The summed E-state index contributed by atoms with van der Waals surface area (Å²) in [5, 5.41) is 3.51. The van der Waals surface area contributed by atoms with Crippen LogP contribution in [0.4, 0.5) is 0 Å². The number of aromatic amines is 1. The molecule has 100 valence electrons. The van der Waals surface area contributed by atoms with E-state index in [1.54, 1.807) is 0 Å². The number of imidazole rings is 1. The van der Waals surface area contributed by atoms with E-state index in [4.69, 9.17) is 0 Å². The predicted molar refractivity (Wildman–Crippen MR) is 77.1 cm³/mol. The number of aromatic nitrogens is 2. The zero-order chi connectivity index (χ0) is 13.1. The monoisotopic (exact) mass is 255 g/mol. The van der Waals surface area contributed by atoms with Gasteiger partial charge in [-0.25, -0.2) is 4.98 Å². The van der Waals surface area contributed by atoms with Crippen molar-refractivity contribution in [3.05, 3.63) is 53.6 Å². The molecule has 1 aliphatic rings. The Morgan fingerprint density at radius 2 is 2.32 bits per heavy atom. The maximum absolute atomic E-state index is 4.40. The maximum atomic E-state index is 4.40. The molecule has 0 bridgehead atoms. The van der Waals surface area contributed by atoms with E-state index in [9.17, 15) is 0 Å². The van der Waals surface area contributed by atoms with Gasteiger partial charge in [-0.3, -0.25) is 0 Å². The molecule has 0 spiro atoms. The average Bonchev–Trinajstić information content (AvgIpc) is 2.88. The summed E-state index contributed by atoms with van der Waals surface area (Å²) in [6, 6.07) is 9.15. The van der Waals surface area contributed by atoms with E-state index in [1.807, 2.05) is 12.4 Å². The maximum Gasteiger partial charge on any atom is 0.127 e. The van der Waals surface area contributed by atoms with Crippen molar-refractivity contribution < 1.29 is 0 Å². The molecule has 0 amide bonds. The van der Waals surface area contributed by atoms with E-state index >= 15 is 0 Å². The van der Waals surface area contributed by atoms with Gasteiger partial charge < -0.3 is 10.3 Å². The lowest BCUT2D eigenvalue weighted by molar-refractivity contribution is 0.419. The second-order valence-corrected chi connectivity index (χ2v) is 5.26. The third-order valence-corrected chi connectivity index (χ3v) is 4.02. The molecule has 19 heavy (non-hydrogen) atoms. The second-order valence-electron chi connectivity index (χ2n) is 5.26. The minimum absolute atomic E-state index is 0.167. The minimum atomic E-state index is 0.167. The first kappa shape index (κ1) is 12.4. The lowest BCUT2D eigenvalue weighted by atomic mass is 9.79. The van der Waals surface area contributed by atoms with Crippen LogP contribution in [0.2, 0.25) is 0 Å². The molecule has 3 rings (SSSR count). The lowest BCUT2D eigenvalue weighted by Gasteiger charge is -2.27. The largest absolute Gasteiger partial charge is 0.347 e.